The Morgan fingerprint density at radius 2 is 1.75 bits per heavy atom. The zero-order valence-electron chi connectivity index (χ0n) is 13.4. The molecule has 2 bridgehead atoms. The van der Waals surface area contributed by atoms with Gasteiger partial charge in [-0.05, 0) is 17.7 Å². The molecule has 4 heteroatoms. The first-order valence-electron chi connectivity index (χ1n) is 8.05. The van der Waals surface area contributed by atoms with Gasteiger partial charge in [-0.2, -0.15) is 10.4 Å². The van der Waals surface area contributed by atoms with Crippen molar-refractivity contribution in [3.63, 3.8) is 0 Å². The first-order chi connectivity index (χ1) is 11.8. The highest BCUT2D eigenvalue weighted by atomic mass is 16.5. The van der Waals surface area contributed by atoms with Gasteiger partial charge in [0.2, 0.25) is 0 Å². The van der Waals surface area contributed by atoms with Gasteiger partial charge >= 0.3 is 0 Å². The number of ether oxygens (including phenoxy) is 1. The third-order valence-corrected chi connectivity index (χ3v) is 4.53. The lowest BCUT2D eigenvalue weighted by Gasteiger charge is -2.46. The topological polar surface area (TPSA) is 48.6 Å². The summed E-state index contributed by atoms with van der Waals surface area (Å²) >= 11 is 0. The van der Waals surface area contributed by atoms with Crippen molar-refractivity contribution >= 4 is 5.71 Å². The Bertz CT molecular complexity index is 849. The maximum atomic E-state index is 9.49. The third-order valence-electron chi connectivity index (χ3n) is 4.53. The van der Waals surface area contributed by atoms with Crippen LogP contribution in [0.2, 0.25) is 0 Å². The van der Waals surface area contributed by atoms with Crippen molar-refractivity contribution in [2.24, 2.45) is 16.9 Å². The number of benzene rings is 2. The highest BCUT2D eigenvalue weighted by molar-refractivity contribution is 6.04. The van der Waals surface area contributed by atoms with Gasteiger partial charge in [0, 0.05) is 5.92 Å². The van der Waals surface area contributed by atoms with Crippen LogP contribution in [-0.4, -0.2) is 10.7 Å². The summed E-state index contributed by atoms with van der Waals surface area (Å²) in [4.78, 5) is 0. The number of allylic oxidation sites excluding steroid dienone is 2. The van der Waals surface area contributed by atoms with Crippen LogP contribution in [0.1, 0.15) is 12.5 Å². The van der Waals surface area contributed by atoms with Gasteiger partial charge in [0.1, 0.15) is 23.3 Å². The van der Waals surface area contributed by atoms with Crippen LogP contribution in [0.5, 0.6) is 5.75 Å². The van der Waals surface area contributed by atoms with Gasteiger partial charge in [-0.3, -0.25) is 5.01 Å². The minimum atomic E-state index is -0.0303. The van der Waals surface area contributed by atoms with E-state index in [1.54, 1.807) is 0 Å². The summed E-state index contributed by atoms with van der Waals surface area (Å²) in [6, 6.07) is 22.1. The highest BCUT2D eigenvalue weighted by Crippen LogP contribution is 2.48. The normalized spacial score (nSPS) is 21.7. The summed E-state index contributed by atoms with van der Waals surface area (Å²) in [6.07, 6.45) is 0. The van der Waals surface area contributed by atoms with Crippen molar-refractivity contribution in [2.75, 3.05) is 0 Å². The summed E-state index contributed by atoms with van der Waals surface area (Å²) in [6.45, 7) is 2.77. The van der Waals surface area contributed by atoms with E-state index in [0.29, 0.717) is 12.3 Å². The number of hydrogen-bond donors (Lipinski definition) is 0. The molecule has 0 radical (unpaired) electrons. The summed E-state index contributed by atoms with van der Waals surface area (Å²) in [5.41, 5.74) is 2.76. The summed E-state index contributed by atoms with van der Waals surface area (Å²) < 4.78 is 6.09. The highest BCUT2D eigenvalue weighted by Gasteiger charge is 2.49. The SMILES string of the molecule is C[C@H]1C2=C(Oc3ccccc3)[C@@H]1C(C#N)=NN2Cc1ccccc1. The minimum Gasteiger partial charge on any atom is -0.459 e. The Morgan fingerprint density at radius 1 is 1.08 bits per heavy atom. The van der Waals surface area contributed by atoms with Gasteiger partial charge in [0.15, 0.2) is 0 Å². The number of rotatable bonds is 4. The van der Waals surface area contributed by atoms with E-state index >= 15 is 0 Å². The molecule has 4 rings (SSSR count). The molecular formula is C20H17N3O. The lowest BCUT2D eigenvalue weighted by atomic mass is 9.73. The van der Waals surface area contributed by atoms with Crippen LogP contribution in [0.25, 0.3) is 0 Å². The second kappa shape index (κ2) is 5.86. The van der Waals surface area contributed by atoms with Gasteiger partial charge in [0.05, 0.1) is 18.2 Å². The van der Waals surface area contributed by atoms with E-state index in [1.807, 2.05) is 53.5 Å². The Kier molecular flexibility index (Phi) is 3.55. The van der Waals surface area contributed by atoms with E-state index < -0.39 is 0 Å². The molecule has 0 unspecified atom stereocenters. The molecule has 24 heavy (non-hydrogen) atoms. The smallest absolute Gasteiger partial charge is 0.149 e. The molecule has 2 aromatic rings. The molecule has 2 aliphatic rings. The van der Waals surface area contributed by atoms with Gasteiger partial charge in [-0.1, -0.05) is 55.5 Å². The number of para-hydroxylation sites is 1. The van der Waals surface area contributed by atoms with Crippen LogP contribution in [0.3, 0.4) is 0 Å². The minimum absolute atomic E-state index is 0.0303. The van der Waals surface area contributed by atoms with Crippen molar-refractivity contribution in [2.45, 2.75) is 13.5 Å². The lowest BCUT2D eigenvalue weighted by molar-refractivity contribution is 0.173. The fourth-order valence-electron chi connectivity index (χ4n) is 3.34. The molecule has 0 saturated heterocycles. The molecule has 2 atom stereocenters. The van der Waals surface area contributed by atoms with Gasteiger partial charge in [-0.25, -0.2) is 0 Å². The zero-order valence-corrected chi connectivity index (χ0v) is 13.4. The molecule has 1 aliphatic heterocycles. The fourth-order valence-corrected chi connectivity index (χ4v) is 3.34. The Balaban J connectivity index is 1.67. The molecule has 0 spiro atoms. The second-order valence-electron chi connectivity index (χ2n) is 6.07. The first kappa shape index (κ1) is 14.5. The number of fused-ring (bicyclic) bond motifs is 1. The van der Waals surface area contributed by atoms with E-state index in [4.69, 9.17) is 4.74 Å². The van der Waals surface area contributed by atoms with Crippen LogP contribution < -0.4 is 4.74 Å². The number of hydrogen-bond acceptors (Lipinski definition) is 4. The first-order valence-corrected chi connectivity index (χ1v) is 8.05. The predicted molar refractivity (Wildman–Crippen MR) is 91.8 cm³/mol. The molecule has 0 aromatic heterocycles. The molecule has 1 aliphatic carbocycles. The molecular weight excluding hydrogens is 298 g/mol. The van der Waals surface area contributed by atoms with E-state index in [9.17, 15) is 5.26 Å². The van der Waals surface area contributed by atoms with Crippen LogP contribution >= 0.6 is 0 Å². The van der Waals surface area contributed by atoms with E-state index in [0.717, 1.165) is 22.8 Å². The number of nitriles is 1. The Morgan fingerprint density at radius 3 is 2.42 bits per heavy atom. The van der Waals surface area contributed by atoms with Crippen LogP contribution in [0.15, 0.2) is 77.2 Å². The molecule has 0 amide bonds. The quantitative estimate of drug-likeness (QED) is 0.858. The van der Waals surface area contributed by atoms with Gasteiger partial charge < -0.3 is 4.74 Å². The third kappa shape index (κ3) is 2.35. The summed E-state index contributed by atoms with van der Waals surface area (Å²) in [7, 11) is 0. The lowest BCUT2D eigenvalue weighted by Crippen LogP contribution is -2.48. The number of nitrogens with zero attached hydrogens (tertiary/aromatic N) is 3. The van der Waals surface area contributed by atoms with Crippen LogP contribution in [0.4, 0.5) is 0 Å². The Labute approximate surface area is 141 Å². The second-order valence-corrected chi connectivity index (χ2v) is 6.07. The van der Waals surface area contributed by atoms with Crippen LogP contribution in [0, 0.1) is 23.2 Å². The van der Waals surface area contributed by atoms with E-state index in [1.165, 1.54) is 0 Å². The fraction of sp³-hybridized carbons (Fsp3) is 0.200. The zero-order chi connectivity index (χ0) is 16.5. The van der Waals surface area contributed by atoms with Crippen molar-refractivity contribution < 1.29 is 4.74 Å². The average Bonchev–Trinajstić information content (AvgIpc) is 2.63. The van der Waals surface area contributed by atoms with Crippen LogP contribution in [-0.2, 0) is 6.54 Å². The standard InChI is InChI=1S/C20H17N3O/c1-14-18-17(12-21)22-23(13-15-8-4-2-5-9-15)19(14)20(18)24-16-10-6-3-7-11-16/h2-11,14,18H,13H2,1H3/t14-,18+/m1/s1. The molecule has 0 N–H and O–H groups in total. The molecule has 0 fully saturated rings. The van der Waals surface area contributed by atoms with Crippen molar-refractivity contribution in [3.05, 3.63) is 77.7 Å². The molecule has 118 valence electrons. The largest absolute Gasteiger partial charge is 0.459 e. The van der Waals surface area contributed by atoms with E-state index in [2.05, 4.69) is 30.2 Å². The summed E-state index contributed by atoms with van der Waals surface area (Å²) in [5, 5.41) is 15.9. The van der Waals surface area contributed by atoms with Crippen molar-refractivity contribution in [1.29, 1.82) is 5.26 Å². The average molecular weight is 315 g/mol. The van der Waals surface area contributed by atoms with E-state index in [-0.39, 0.29) is 11.8 Å². The van der Waals surface area contributed by atoms with Crippen molar-refractivity contribution in [3.8, 4) is 11.8 Å². The maximum Gasteiger partial charge on any atom is 0.149 e. The molecule has 0 saturated carbocycles. The van der Waals surface area contributed by atoms with Gasteiger partial charge in [0.25, 0.3) is 0 Å². The molecule has 2 aromatic carbocycles. The Hall–Kier alpha value is -3.06. The summed E-state index contributed by atoms with van der Waals surface area (Å²) in [5.74, 6) is 1.87. The number of hydrazone groups is 1. The monoisotopic (exact) mass is 315 g/mol. The maximum absolute atomic E-state index is 9.49. The van der Waals surface area contributed by atoms with Crippen molar-refractivity contribution in [1.82, 2.24) is 5.01 Å². The molecule has 1 heterocycles. The van der Waals surface area contributed by atoms with Gasteiger partial charge in [-0.15, -0.1) is 0 Å². The molecule has 4 nitrogen and oxygen atoms in total. The predicted octanol–water partition coefficient (Wildman–Crippen LogP) is 3.94.